The van der Waals surface area contributed by atoms with Crippen molar-refractivity contribution in [3.8, 4) is 21.9 Å². The number of benzene rings is 2. The number of alkyl halides is 6. The van der Waals surface area contributed by atoms with Crippen molar-refractivity contribution in [2.45, 2.75) is 50.9 Å². The van der Waals surface area contributed by atoms with Gasteiger partial charge in [-0.25, -0.2) is 9.59 Å². The fraction of sp³-hybridized carbons (Fsp3) is 0.321. The highest BCUT2D eigenvalue weighted by Gasteiger charge is 2.34. The molecule has 4 rings (SSSR count). The number of amides is 3. The zero-order valence-electron chi connectivity index (χ0n) is 23.2. The average Bonchev–Trinajstić information content (AvgIpc) is 3.36. The first kappa shape index (κ1) is 35.0. The number of hydrogen-bond acceptors (Lipinski definition) is 6. The van der Waals surface area contributed by atoms with E-state index in [-0.39, 0.29) is 22.2 Å². The SMILES string of the molecule is O=C(Nc1sc(-c2ccc(OC(F)(F)F)cc2)cc1C(=O)N[C@H](C(=O)O)C1CCCCC1)Nc1c(Cl)cc(OC(F)(F)F)cc1Cl. The van der Waals surface area contributed by atoms with E-state index in [0.717, 1.165) is 54.9 Å². The van der Waals surface area contributed by atoms with Crippen molar-refractivity contribution in [2.24, 2.45) is 5.92 Å². The Labute approximate surface area is 270 Å². The van der Waals surface area contributed by atoms with E-state index in [1.54, 1.807) is 0 Å². The van der Waals surface area contributed by atoms with Crippen molar-refractivity contribution in [3.05, 3.63) is 58.1 Å². The number of carboxylic acids is 1. The number of hydrogen-bond donors (Lipinski definition) is 4. The number of nitrogens with one attached hydrogen (secondary N) is 3. The maximum Gasteiger partial charge on any atom is 0.573 e. The van der Waals surface area contributed by atoms with Crippen LogP contribution in [-0.2, 0) is 4.79 Å². The van der Waals surface area contributed by atoms with Crippen LogP contribution in [0.25, 0.3) is 10.4 Å². The number of rotatable bonds is 9. The number of aliphatic carboxylic acids is 1. The molecule has 1 saturated carbocycles. The Morgan fingerprint density at radius 1 is 0.848 bits per heavy atom. The second kappa shape index (κ2) is 14.3. The van der Waals surface area contributed by atoms with Crippen molar-refractivity contribution in [1.29, 1.82) is 0 Å². The van der Waals surface area contributed by atoms with Gasteiger partial charge in [0.05, 0.1) is 21.3 Å². The first-order valence-electron chi connectivity index (χ1n) is 13.4. The van der Waals surface area contributed by atoms with E-state index in [0.29, 0.717) is 23.3 Å². The normalized spacial score (nSPS) is 14.7. The highest BCUT2D eigenvalue weighted by Crippen LogP contribution is 2.39. The first-order chi connectivity index (χ1) is 21.5. The van der Waals surface area contributed by atoms with Gasteiger partial charge in [0.2, 0.25) is 0 Å². The zero-order chi connectivity index (χ0) is 33.8. The molecule has 1 aromatic heterocycles. The lowest BCUT2D eigenvalue weighted by Crippen LogP contribution is -2.46. The van der Waals surface area contributed by atoms with Crippen molar-refractivity contribution >= 4 is 63.1 Å². The van der Waals surface area contributed by atoms with E-state index in [9.17, 15) is 45.8 Å². The van der Waals surface area contributed by atoms with Crippen molar-refractivity contribution < 1.29 is 55.3 Å². The summed E-state index contributed by atoms with van der Waals surface area (Å²) in [6.07, 6.45) is -6.26. The molecular formula is C28H23Cl2F6N3O6S. The van der Waals surface area contributed by atoms with Crippen molar-refractivity contribution in [2.75, 3.05) is 10.6 Å². The molecule has 0 spiro atoms. The summed E-state index contributed by atoms with van der Waals surface area (Å²) in [6, 6.07) is 5.24. The van der Waals surface area contributed by atoms with Crippen LogP contribution < -0.4 is 25.4 Å². The smallest absolute Gasteiger partial charge is 0.480 e. The van der Waals surface area contributed by atoms with Gasteiger partial charge in [0.25, 0.3) is 5.91 Å². The molecule has 0 unspecified atom stereocenters. The van der Waals surface area contributed by atoms with Gasteiger partial charge >= 0.3 is 24.7 Å². The third kappa shape index (κ3) is 9.56. The van der Waals surface area contributed by atoms with Gasteiger partial charge in [-0.1, -0.05) is 42.5 Å². The second-order valence-electron chi connectivity index (χ2n) is 10.0. The molecule has 2 aromatic carbocycles. The van der Waals surface area contributed by atoms with E-state index < -0.39 is 58.2 Å². The summed E-state index contributed by atoms with van der Waals surface area (Å²) < 4.78 is 83.2. The minimum atomic E-state index is -5.03. The van der Waals surface area contributed by atoms with E-state index in [2.05, 4.69) is 25.4 Å². The molecule has 4 N–H and O–H groups in total. The number of thiophene rings is 1. The molecule has 3 amide bonds. The van der Waals surface area contributed by atoms with Crippen LogP contribution in [0.15, 0.2) is 42.5 Å². The van der Waals surface area contributed by atoms with Crippen molar-refractivity contribution in [1.82, 2.24) is 5.32 Å². The fourth-order valence-electron chi connectivity index (χ4n) is 4.79. The predicted octanol–water partition coefficient (Wildman–Crippen LogP) is 8.93. The third-order valence-corrected chi connectivity index (χ3v) is 8.43. The van der Waals surface area contributed by atoms with Gasteiger partial charge in [-0.15, -0.1) is 37.7 Å². The molecule has 18 heteroatoms. The predicted molar refractivity (Wildman–Crippen MR) is 158 cm³/mol. The van der Waals surface area contributed by atoms with Crippen LogP contribution in [0.1, 0.15) is 42.5 Å². The molecule has 0 radical (unpaired) electrons. The minimum absolute atomic E-state index is 0.0994. The van der Waals surface area contributed by atoms with Gasteiger partial charge in [0.15, 0.2) is 0 Å². The molecule has 1 aliphatic carbocycles. The molecule has 0 bridgehead atoms. The fourth-order valence-corrected chi connectivity index (χ4v) is 6.41. The Bertz CT molecular complexity index is 1570. The van der Waals surface area contributed by atoms with Crippen LogP contribution in [0.5, 0.6) is 11.5 Å². The lowest BCUT2D eigenvalue weighted by molar-refractivity contribution is -0.275. The number of halogens is 8. The van der Waals surface area contributed by atoms with Gasteiger partial charge in [0, 0.05) is 17.0 Å². The molecule has 3 aromatic rings. The topological polar surface area (TPSA) is 126 Å². The van der Waals surface area contributed by atoms with Gasteiger partial charge in [-0.3, -0.25) is 10.1 Å². The van der Waals surface area contributed by atoms with Gasteiger partial charge in [-0.05, 0) is 54.7 Å². The number of carbonyl (C=O) groups excluding carboxylic acids is 2. The molecule has 0 saturated heterocycles. The third-order valence-electron chi connectivity index (χ3n) is 6.74. The highest BCUT2D eigenvalue weighted by molar-refractivity contribution is 7.20. The van der Waals surface area contributed by atoms with Crippen molar-refractivity contribution in [3.63, 3.8) is 0 Å². The number of carbonyl (C=O) groups is 3. The summed E-state index contributed by atoms with van der Waals surface area (Å²) in [4.78, 5) is 38.8. The molecular weight excluding hydrogens is 691 g/mol. The molecule has 1 aliphatic rings. The van der Waals surface area contributed by atoms with E-state index in [4.69, 9.17) is 23.2 Å². The molecule has 9 nitrogen and oxygen atoms in total. The molecule has 248 valence electrons. The molecule has 46 heavy (non-hydrogen) atoms. The van der Waals surface area contributed by atoms with E-state index >= 15 is 0 Å². The summed E-state index contributed by atoms with van der Waals surface area (Å²) in [7, 11) is 0. The summed E-state index contributed by atoms with van der Waals surface area (Å²) in [5, 5.41) is 16.1. The number of anilines is 2. The number of ether oxygens (including phenoxy) is 2. The first-order valence-corrected chi connectivity index (χ1v) is 14.9. The van der Waals surface area contributed by atoms with Crippen LogP contribution in [0.4, 0.5) is 41.8 Å². The summed E-state index contributed by atoms with van der Waals surface area (Å²) >= 11 is 12.9. The monoisotopic (exact) mass is 713 g/mol. The maximum atomic E-state index is 13.4. The largest absolute Gasteiger partial charge is 0.573 e. The molecule has 1 atom stereocenters. The maximum absolute atomic E-state index is 13.4. The Kier molecular flexibility index (Phi) is 10.8. The Morgan fingerprint density at radius 2 is 1.41 bits per heavy atom. The quantitative estimate of drug-likeness (QED) is 0.164. The lowest BCUT2D eigenvalue weighted by atomic mass is 9.84. The summed E-state index contributed by atoms with van der Waals surface area (Å²) in [5.41, 5.74) is -0.129. The second-order valence-corrected chi connectivity index (χ2v) is 11.9. The van der Waals surface area contributed by atoms with Crippen LogP contribution in [0.2, 0.25) is 10.0 Å². The standard InChI is InChI=1S/C28H23Cl2F6N3O6S/c29-18-10-16(45-28(34,35)36)11-19(30)22(18)38-26(43)39-24-17(23(40)37-21(25(41)42)14-4-2-1-3-5-14)12-20(46-24)13-6-8-15(9-7-13)44-27(31,32)33/h6-12,14,21H,1-5H2,(H,37,40)(H,41,42)(H2,38,39,43)/t21-/m0/s1. The highest BCUT2D eigenvalue weighted by atomic mass is 35.5. The minimum Gasteiger partial charge on any atom is -0.480 e. The Morgan fingerprint density at radius 3 is 1.96 bits per heavy atom. The molecule has 1 fully saturated rings. The zero-order valence-corrected chi connectivity index (χ0v) is 25.5. The molecule has 0 aliphatic heterocycles. The molecule has 1 heterocycles. The number of urea groups is 1. The van der Waals surface area contributed by atoms with Crippen LogP contribution in [0, 0.1) is 5.92 Å². The average molecular weight is 714 g/mol. The van der Waals surface area contributed by atoms with Crippen LogP contribution in [-0.4, -0.2) is 41.8 Å². The lowest BCUT2D eigenvalue weighted by Gasteiger charge is -2.28. The van der Waals surface area contributed by atoms with Gasteiger partial charge < -0.3 is 25.2 Å². The van der Waals surface area contributed by atoms with E-state index in [1.807, 2.05) is 0 Å². The summed E-state index contributed by atoms with van der Waals surface area (Å²) in [6.45, 7) is 0. The van der Waals surface area contributed by atoms with Gasteiger partial charge in [0.1, 0.15) is 22.5 Å². The summed E-state index contributed by atoms with van der Waals surface area (Å²) in [5.74, 6) is -3.67. The van der Waals surface area contributed by atoms with Crippen LogP contribution >= 0.6 is 34.5 Å². The van der Waals surface area contributed by atoms with Gasteiger partial charge in [-0.2, -0.15) is 0 Å². The van der Waals surface area contributed by atoms with Crippen LogP contribution in [0.3, 0.4) is 0 Å². The van der Waals surface area contributed by atoms with E-state index in [1.165, 1.54) is 18.2 Å². The Balaban J connectivity index is 1.62. The Hall–Kier alpha value is -3.89. The number of carboxylic acid groups (broad SMARTS) is 1.